The lowest BCUT2D eigenvalue weighted by atomic mass is 9.89. The minimum Gasteiger partial charge on any atom is -0.454 e. The number of furan rings is 1. The van der Waals surface area contributed by atoms with Crippen LogP contribution in [0.5, 0.6) is 0 Å². The molecule has 1 N–H and O–H groups in total. The number of H-pyrrole nitrogens is 1. The van der Waals surface area contributed by atoms with Gasteiger partial charge in [-0.1, -0.05) is 84.9 Å². The summed E-state index contributed by atoms with van der Waals surface area (Å²) in [6.07, 6.45) is 0. The molecule has 0 aliphatic carbocycles. The Hall–Kier alpha value is -4.30. The molecule has 148 valence electrons. The van der Waals surface area contributed by atoms with Crippen LogP contribution >= 0.6 is 0 Å². The lowest BCUT2D eigenvalue weighted by Crippen LogP contribution is -1.86. The molecule has 2 heteroatoms. The minimum atomic E-state index is 0.923. The van der Waals surface area contributed by atoms with Crippen LogP contribution in [0.4, 0.5) is 0 Å². The molecule has 0 spiro atoms. The Balaban J connectivity index is 1.89. The van der Waals surface area contributed by atoms with Gasteiger partial charge in [-0.05, 0) is 33.7 Å². The van der Waals surface area contributed by atoms with Gasteiger partial charge in [-0.3, -0.25) is 0 Å². The van der Waals surface area contributed by atoms with Crippen molar-refractivity contribution in [1.29, 1.82) is 0 Å². The van der Waals surface area contributed by atoms with Gasteiger partial charge >= 0.3 is 0 Å². The Morgan fingerprint density at radius 3 is 1.69 bits per heavy atom. The zero-order valence-corrected chi connectivity index (χ0v) is 17.1. The first-order chi connectivity index (χ1) is 15.9. The smallest absolute Gasteiger partial charge is 0.160 e. The fraction of sp³-hybridized carbons (Fsp3) is 0. The molecule has 2 aromatic heterocycles. The normalized spacial score (nSPS) is 12.4. The van der Waals surface area contributed by atoms with E-state index < -0.39 is 0 Å². The van der Waals surface area contributed by atoms with Crippen LogP contribution in [0.1, 0.15) is 0 Å². The van der Waals surface area contributed by atoms with Crippen LogP contribution in [0.25, 0.3) is 76.1 Å². The highest BCUT2D eigenvalue weighted by molar-refractivity contribution is 6.44. The molecule has 0 saturated carbocycles. The van der Waals surface area contributed by atoms with Gasteiger partial charge in [0.15, 0.2) is 5.58 Å². The third kappa shape index (κ3) is 1.86. The lowest BCUT2D eigenvalue weighted by Gasteiger charge is -2.13. The SMILES string of the molecule is c1ccc2c(c1)[nH]c1c3oc4ccccc4c3c3c4ccccc4c4ccccc4c3c21. The molecule has 2 heterocycles. The Bertz CT molecular complexity index is 1890. The van der Waals surface area contributed by atoms with E-state index in [-0.39, 0.29) is 0 Å². The van der Waals surface area contributed by atoms with Crippen molar-refractivity contribution in [2.45, 2.75) is 0 Å². The third-order valence-electron chi connectivity index (χ3n) is 6.96. The Morgan fingerprint density at radius 1 is 0.438 bits per heavy atom. The standard InChI is InChI=1S/C30H17NO/c1-3-11-19-17(9-1)18-10-2-4-12-20(18)26-25(19)27-21-13-5-7-15-23(21)31-29(27)30-28(26)22-14-6-8-16-24(22)32-30/h1-16,31H. The lowest BCUT2D eigenvalue weighted by molar-refractivity contribution is 0.672. The van der Waals surface area contributed by atoms with Crippen LogP contribution < -0.4 is 0 Å². The minimum absolute atomic E-state index is 0.923. The highest BCUT2D eigenvalue weighted by atomic mass is 16.3. The van der Waals surface area contributed by atoms with E-state index in [0.717, 1.165) is 27.6 Å². The zero-order chi connectivity index (χ0) is 20.8. The van der Waals surface area contributed by atoms with Crippen molar-refractivity contribution in [3.8, 4) is 0 Å². The van der Waals surface area contributed by atoms with E-state index in [1.807, 2.05) is 6.07 Å². The number of rotatable bonds is 0. The van der Waals surface area contributed by atoms with Crippen LogP contribution in [-0.4, -0.2) is 4.98 Å². The van der Waals surface area contributed by atoms with Crippen molar-refractivity contribution in [2.75, 3.05) is 0 Å². The molecule has 0 unspecified atom stereocenters. The fourth-order valence-corrected chi connectivity index (χ4v) is 5.70. The van der Waals surface area contributed by atoms with E-state index >= 15 is 0 Å². The average molecular weight is 407 g/mol. The van der Waals surface area contributed by atoms with Crippen molar-refractivity contribution < 1.29 is 4.42 Å². The van der Waals surface area contributed by atoms with Gasteiger partial charge < -0.3 is 9.40 Å². The summed E-state index contributed by atoms with van der Waals surface area (Å²) in [5.41, 5.74) is 4.07. The van der Waals surface area contributed by atoms with Gasteiger partial charge in [-0.25, -0.2) is 0 Å². The molecule has 0 saturated heterocycles. The molecule has 0 atom stereocenters. The Morgan fingerprint density at radius 2 is 0.969 bits per heavy atom. The molecule has 0 aliphatic rings. The van der Waals surface area contributed by atoms with Gasteiger partial charge in [-0.15, -0.1) is 0 Å². The monoisotopic (exact) mass is 407 g/mol. The topological polar surface area (TPSA) is 28.9 Å². The van der Waals surface area contributed by atoms with Crippen LogP contribution in [0.2, 0.25) is 0 Å². The molecule has 0 amide bonds. The molecule has 2 nitrogen and oxygen atoms in total. The molecular weight excluding hydrogens is 390 g/mol. The molecule has 0 fully saturated rings. The number of fused-ring (bicyclic) bond motifs is 15. The summed E-state index contributed by atoms with van der Waals surface area (Å²) in [6, 6.07) is 34.5. The Labute approximate surface area is 182 Å². The van der Waals surface area contributed by atoms with E-state index in [4.69, 9.17) is 4.42 Å². The molecule has 32 heavy (non-hydrogen) atoms. The summed E-state index contributed by atoms with van der Waals surface area (Å²) in [5, 5.41) is 12.5. The van der Waals surface area contributed by atoms with Crippen LogP contribution in [0.15, 0.2) is 101 Å². The number of aromatic nitrogens is 1. The van der Waals surface area contributed by atoms with Crippen LogP contribution in [0.3, 0.4) is 0 Å². The summed E-state index contributed by atoms with van der Waals surface area (Å²) in [5.74, 6) is 0. The average Bonchev–Trinajstić information content (AvgIpc) is 3.43. The van der Waals surface area contributed by atoms with Crippen LogP contribution in [0, 0.1) is 0 Å². The van der Waals surface area contributed by atoms with E-state index in [1.54, 1.807) is 0 Å². The van der Waals surface area contributed by atoms with Crippen molar-refractivity contribution >= 4 is 76.1 Å². The number of hydrogen-bond donors (Lipinski definition) is 1. The van der Waals surface area contributed by atoms with E-state index in [0.29, 0.717) is 0 Å². The van der Waals surface area contributed by atoms with E-state index in [9.17, 15) is 0 Å². The molecule has 0 aliphatic heterocycles. The van der Waals surface area contributed by atoms with Gasteiger partial charge in [0.1, 0.15) is 5.58 Å². The van der Waals surface area contributed by atoms with Crippen molar-refractivity contribution in [2.24, 2.45) is 0 Å². The van der Waals surface area contributed by atoms with Gasteiger partial charge in [0, 0.05) is 37.8 Å². The number of hydrogen-bond acceptors (Lipinski definition) is 1. The van der Waals surface area contributed by atoms with Gasteiger partial charge in [0.05, 0.1) is 5.52 Å². The van der Waals surface area contributed by atoms with Gasteiger partial charge in [-0.2, -0.15) is 0 Å². The first-order valence-electron chi connectivity index (χ1n) is 11.0. The molecule has 8 rings (SSSR count). The van der Waals surface area contributed by atoms with Gasteiger partial charge in [0.25, 0.3) is 0 Å². The summed E-state index contributed by atoms with van der Waals surface area (Å²) in [4.78, 5) is 3.69. The predicted octanol–water partition coefficient (Wildman–Crippen LogP) is 8.68. The largest absolute Gasteiger partial charge is 0.454 e. The zero-order valence-electron chi connectivity index (χ0n) is 17.1. The van der Waals surface area contributed by atoms with Crippen molar-refractivity contribution in [3.63, 3.8) is 0 Å². The molecular formula is C30H17NO. The first kappa shape index (κ1) is 16.4. The van der Waals surface area contributed by atoms with E-state index in [2.05, 4.69) is 96.0 Å². The number of para-hydroxylation sites is 2. The summed E-state index contributed by atoms with van der Waals surface area (Å²) in [7, 11) is 0. The third-order valence-corrected chi connectivity index (χ3v) is 6.96. The maximum atomic E-state index is 6.53. The summed E-state index contributed by atoms with van der Waals surface area (Å²) in [6.45, 7) is 0. The highest BCUT2D eigenvalue weighted by Gasteiger charge is 2.22. The predicted molar refractivity (Wildman–Crippen MR) is 136 cm³/mol. The number of aromatic amines is 1. The second kappa shape index (κ2) is 5.68. The molecule has 8 aromatic rings. The maximum absolute atomic E-state index is 6.53. The van der Waals surface area contributed by atoms with Gasteiger partial charge in [0.2, 0.25) is 0 Å². The second-order valence-electron chi connectivity index (χ2n) is 8.56. The first-order valence-corrected chi connectivity index (χ1v) is 11.0. The summed E-state index contributed by atoms with van der Waals surface area (Å²) >= 11 is 0. The maximum Gasteiger partial charge on any atom is 0.160 e. The molecule has 0 radical (unpaired) electrons. The van der Waals surface area contributed by atoms with Crippen LogP contribution in [-0.2, 0) is 0 Å². The Kier molecular flexibility index (Phi) is 2.91. The summed E-state index contributed by atoms with van der Waals surface area (Å²) < 4.78 is 6.53. The number of nitrogens with one attached hydrogen (secondary N) is 1. The fourth-order valence-electron chi connectivity index (χ4n) is 5.70. The molecule has 0 bridgehead atoms. The van der Waals surface area contributed by atoms with Crippen molar-refractivity contribution in [3.05, 3.63) is 97.1 Å². The molecule has 6 aromatic carbocycles. The second-order valence-corrected chi connectivity index (χ2v) is 8.56. The quantitative estimate of drug-likeness (QED) is 0.250. The van der Waals surface area contributed by atoms with E-state index in [1.165, 1.54) is 48.5 Å². The van der Waals surface area contributed by atoms with Crippen molar-refractivity contribution in [1.82, 2.24) is 4.98 Å². The highest BCUT2D eigenvalue weighted by Crippen LogP contribution is 2.48. The number of benzene rings is 6.